The van der Waals surface area contributed by atoms with Crippen LogP contribution in [0.2, 0.25) is 0 Å². The number of fused-ring (bicyclic) bond motifs is 1. The van der Waals surface area contributed by atoms with Crippen LogP contribution in [-0.4, -0.2) is 37.0 Å². The van der Waals surface area contributed by atoms with Gasteiger partial charge in [0.15, 0.2) is 0 Å². The number of carbonyl (C=O) groups excluding carboxylic acids is 1. The number of nitrogens with zero attached hydrogens (tertiary/aromatic N) is 1. The van der Waals surface area contributed by atoms with Crippen LogP contribution in [-0.2, 0) is 11.2 Å². The zero-order valence-corrected chi connectivity index (χ0v) is 12.3. The van der Waals surface area contributed by atoms with Gasteiger partial charge in [-0.1, -0.05) is 24.3 Å². The van der Waals surface area contributed by atoms with Crippen LogP contribution >= 0.6 is 0 Å². The van der Waals surface area contributed by atoms with Crippen LogP contribution in [0.1, 0.15) is 42.7 Å². The zero-order valence-electron chi connectivity index (χ0n) is 12.3. The number of rotatable bonds is 3. The molecule has 1 aliphatic heterocycles. The molecule has 20 heavy (non-hydrogen) atoms. The molecule has 1 aromatic rings. The van der Waals surface area contributed by atoms with Gasteiger partial charge in [-0.2, -0.15) is 0 Å². The van der Waals surface area contributed by atoms with Crippen molar-refractivity contribution >= 4 is 5.91 Å². The number of likely N-dealkylation sites (tertiary alicyclic amines) is 1. The molecule has 0 saturated carbocycles. The highest BCUT2D eigenvalue weighted by molar-refractivity contribution is 5.76. The van der Waals surface area contributed by atoms with E-state index in [1.165, 1.54) is 30.4 Å². The van der Waals surface area contributed by atoms with Gasteiger partial charge in [0.1, 0.15) is 0 Å². The molecule has 1 saturated heterocycles. The Labute approximate surface area is 121 Å². The van der Waals surface area contributed by atoms with Crippen molar-refractivity contribution in [3.8, 4) is 0 Å². The second kappa shape index (κ2) is 5.96. The van der Waals surface area contributed by atoms with Crippen LogP contribution in [0, 0.1) is 0 Å². The molecule has 1 aromatic carbocycles. The molecule has 2 atom stereocenters. The minimum atomic E-state index is 0.283. The highest BCUT2D eigenvalue weighted by atomic mass is 16.2. The summed E-state index contributed by atoms with van der Waals surface area (Å²) in [5.74, 6) is 0.925. The lowest BCUT2D eigenvalue weighted by Gasteiger charge is -2.32. The monoisotopic (exact) mass is 272 g/mol. The van der Waals surface area contributed by atoms with Crippen LogP contribution in [0.5, 0.6) is 0 Å². The number of aryl methyl sites for hydroxylation is 1. The van der Waals surface area contributed by atoms with E-state index in [1.54, 1.807) is 0 Å². The first-order valence-electron chi connectivity index (χ1n) is 7.79. The molecule has 0 aromatic heterocycles. The molecule has 1 aliphatic carbocycles. The molecule has 1 heterocycles. The maximum Gasteiger partial charge on any atom is 0.222 e. The van der Waals surface area contributed by atoms with Gasteiger partial charge < -0.3 is 10.2 Å². The van der Waals surface area contributed by atoms with Crippen molar-refractivity contribution < 1.29 is 4.79 Å². The third-order valence-corrected chi connectivity index (χ3v) is 4.77. The summed E-state index contributed by atoms with van der Waals surface area (Å²) in [7, 11) is 1.91. The van der Waals surface area contributed by atoms with Crippen LogP contribution in [0.15, 0.2) is 24.3 Å². The maximum atomic E-state index is 11.5. The highest BCUT2D eigenvalue weighted by Gasteiger charge is 2.25. The van der Waals surface area contributed by atoms with Crippen molar-refractivity contribution in [3.63, 3.8) is 0 Å². The van der Waals surface area contributed by atoms with Crippen LogP contribution < -0.4 is 5.32 Å². The second-order valence-electron chi connectivity index (χ2n) is 6.21. The first kappa shape index (κ1) is 13.6. The molecule has 0 bridgehead atoms. The van der Waals surface area contributed by atoms with Crippen molar-refractivity contribution in [2.75, 3.05) is 20.1 Å². The molecule has 0 spiro atoms. The Kier molecular flexibility index (Phi) is 4.06. The lowest BCUT2D eigenvalue weighted by Crippen LogP contribution is -2.47. The summed E-state index contributed by atoms with van der Waals surface area (Å²) in [5, 5.41) is 3.69. The summed E-state index contributed by atoms with van der Waals surface area (Å²) in [6, 6.07) is 9.33. The lowest BCUT2D eigenvalue weighted by atomic mass is 9.82. The SMILES string of the molecule is CN1CC(NCC2CCCc3ccccc32)CCC1=O. The van der Waals surface area contributed by atoms with Crippen molar-refractivity contribution in [2.24, 2.45) is 0 Å². The van der Waals surface area contributed by atoms with E-state index in [0.717, 1.165) is 19.5 Å². The number of amides is 1. The van der Waals surface area contributed by atoms with Gasteiger partial charge in [0.2, 0.25) is 5.91 Å². The topological polar surface area (TPSA) is 32.3 Å². The Morgan fingerprint density at radius 1 is 1.25 bits per heavy atom. The van der Waals surface area contributed by atoms with E-state index in [2.05, 4.69) is 29.6 Å². The molecular weight excluding hydrogens is 248 g/mol. The van der Waals surface area contributed by atoms with E-state index in [0.29, 0.717) is 18.4 Å². The van der Waals surface area contributed by atoms with Crippen molar-refractivity contribution in [3.05, 3.63) is 35.4 Å². The summed E-state index contributed by atoms with van der Waals surface area (Å²) in [6.45, 7) is 1.90. The van der Waals surface area contributed by atoms with E-state index in [1.807, 2.05) is 11.9 Å². The molecule has 1 N–H and O–H groups in total. The minimum Gasteiger partial charge on any atom is -0.344 e. The first-order valence-corrected chi connectivity index (χ1v) is 7.79. The number of carbonyl (C=O) groups is 1. The third kappa shape index (κ3) is 2.88. The van der Waals surface area contributed by atoms with Gasteiger partial charge in [-0.25, -0.2) is 0 Å². The molecule has 3 rings (SSSR count). The standard InChI is InChI=1S/C17H24N2O/c1-19-12-15(9-10-17(19)20)18-11-14-7-4-6-13-5-2-3-8-16(13)14/h2-3,5,8,14-15,18H,4,6-7,9-12H2,1H3. The average molecular weight is 272 g/mol. The highest BCUT2D eigenvalue weighted by Crippen LogP contribution is 2.31. The lowest BCUT2D eigenvalue weighted by molar-refractivity contribution is -0.132. The van der Waals surface area contributed by atoms with E-state index >= 15 is 0 Å². The second-order valence-corrected chi connectivity index (χ2v) is 6.21. The predicted molar refractivity (Wildman–Crippen MR) is 80.8 cm³/mol. The van der Waals surface area contributed by atoms with E-state index < -0.39 is 0 Å². The van der Waals surface area contributed by atoms with Gasteiger partial charge in [0.25, 0.3) is 0 Å². The van der Waals surface area contributed by atoms with E-state index in [-0.39, 0.29) is 5.91 Å². The third-order valence-electron chi connectivity index (χ3n) is 4.77. The smallest absolute Gasteiger partial charge is 0.222 e. The van der Waals surface area contributed by atoms with E-state index in [4.69, 9.17) is 0 Å². The minimum absolute atomic E-state index is 0.283. The van der Waals surface area contributed by atoms with Gasteiger partial charge in [-0.3, -0.25) is 4.79 Å². The fourth-order valence-electron chi connectivity index (χ4n) is 3.55. The Balaban J connectivity index is 1.58. The quantitative estimate of drug-likeness (QED) is 0.916. The zero-order chi connectivity index (χ0) is 13.9. The summed E-state index contributed by atoms with van der Waals surface area (Å²) >= 11 is 0. The van der Waals surface area contributed by atoms with Crippen molar-refractivity contribution in [1.29, 1.82) is 0 Å². The number of benzene rings is 1. The fourth-order valence-corrected chi connectivity index (χ4v) is 3.55. The Morgan fingerprint density at radius 3 is 2.95 bits per heavy atom. The molecule has 1 fully saturated rings. The normalized spacial score (nSPS) is 26.4. The number of likely N-dealkylation sites (N-methyl/N-ethyl adjacent to an activating group) is 1. The number of nitrogens with one attached hydrogen (secondary N) is 1. The van der Waals surface area contributed by atoms with Gasteiger partial charge in [-0.05, 0) is 42.7 Å². The number of hydrogen-bond acceptors (Lipinski definition) is 2. The fraction of sp³-hybridized carbons (Fsp3) is 0.588. The van der Waals surface area contributed by atoms with Crippen LogP contribution in [0.4, 0.5) is 0 Å². The average Bonchev–Trinajstić information content (AvgIpc) is 2.48. The summed E-state index contributed by atoms with van der Waals surface area (Å²) in [4.78, 5) is 13.4. The van der Waals surface area contributed by atoms with Crippen LogP contribution in [0.3, 0.4) is 0 Å². The Morgan fingerprint density at radius 2 is 2.10 bits per heavy atom. The van der Waals surface area contributed by atoms with Crippen molar-refractivity contribution in [1.82, 2.24) is 10.2 Å². The van der Waals surface area contributed by atoms with Gasteiger partial charge >= 0.3 is 0 Å². The van der Waals surface area contributed by atoms with Gasteiger partial charge in [-0.15, -0.1) is 0 Å². The van der Waals surface area contributed by atoms with Gasteiger partial charge in [0.05, 0.1) is 0 Å². The maximum absolute atomic E-state index is 11.5. The molecule has 2 unspecified atom stereocenters. The number of piperidine rings is 1. The molecular formula is C17H24N2O. The molecule has 1 amide bonds. The number of hydrogen-bond donors (Lipinski definition) is 1. The molecule has 108 valence electrons. The molecule has 3 nitrogen and oxygen atoms in total. The Hall–Kier alpha value is -1.35. The Bertz CT molecular complexity index is 486. The first-order chi connectivity index (χ1) is 9.74. The molecule has 0 radical (unpaired) electrons. The van der Waals surface area contributed by atoms with Gasteiger partial charge in [0, 0.05) is 32.6 Å². The van der Waals surface area contributed by atoms with E-state index in [9.17, 15) is 4.79 Å². The molecule has 2 aliphatic rings. The molecule has 3 heteroatoms. The largest absolute Gasteiger partial charge is 0.344 e. The van der Waals surface area contributed by atoms with Crippen LogP contribution in [0.25, 0.3) is 0 Å². The summed E-state index contributed by atoms with van der Waals surface area (Å²) < 4.78 is 0. The van der Waals surface area contributed by atoms with Crippen molar-refractivity contribution in [2.45, 2.75) is 44.1 Å². The summed E-state index contributed by atoms with van der Waals surface area (Å²) in [5.41, 5.74) is 3.06. The summed E-state index contributed by atoms with van der Waals surface area (Å²) in [6.07, 6.45) is 5.48. The predicted octanol–water partition coefficient (Wildman–Crippen LogP) is 2.32.